The van der Waals surface area contributed by atoms with Gasteiger partial charge in [0.2, 0.25) is 0 Å². The standard InChI is InChI=1S/C20H16O3/c1-23-19-13-11-15(20-16(19)8-5-9-18(20)22)10-12-17(21)14-6-3-2-4-7-14/h2-13,22H,1H3. The number of fused-ring (bicyclic) bond motifs is 1. The average molecular weight is 304 g/mol. The summed E-state index contributed by atoms with van der Waals surface area (Å²) in [6.07, 6.45) is 3.24. The van der Waals surface area contributed by atoms with Crippen LogP contribution in [-0.4, -0.2) is 18.0 Å². The molecule has 1 N–H and O–H groups in total. The van der Waals surface area contributed by atoms with E-state index in [1.165, 1.54) is 6.08 Å². The Bertz CT molecular complexity index is 880. The van der Waals surface area contributed by atoms with Crippen LogP contribution >= 0.6 is 0 Å². The zero-order valence-corrected chi connectivity index (χ0v) is 12.7. The van der Waals surface area contributed by atoms with Crippen molar-refractivity contribution >= 4 is 22.6 Å². The molecule has 3 rings (SSSR count). The van der Waals surface area contributed by atoms with Crippen LogP contribution in [0.15, 0.2) is 66.7 Å². The van der Waals surface area contributed by atoms with Crippen LogP contribution in [0.1, 0.15) is 15.9 Å². The maximum atomic E-state index is 12.2. The smallest absolute Gasteiger partial charge is 0.185 e. The van der Waals surface area contributed by atoms with Crippen LogP contribution in [0.2, 0.25) is 0 Å². The topological polar surface area (TPSA) is 46.5 Å². The molecule has 0 saturated carbocycles. The number of phenols is 1. The van der Waals surface area contributed by atoms with Crippen LogP contribution in [0.25, 0.3) is 16.8 Å². The number of rotatable bonds is 4. The van der Waals surface area contributed by atoms with Gasteiger partial charge in [-0.3, -0.25) is 4.79 Å². The molecule has 0 bridgehead atoms. The van der Waals surface area contributed by atoms with Gasteiger partial charge in [0.15, 0.2) is 5.78 Å². The van der Waals surface area contributed by atoms with Crippen molar-refractivity contribution in [1.29, 1.82) is 0 Å². The molecular formula is C20H16O3. The lowest BCUT2D eigenvalue weighted by Gasteiger charge is -2.09. The maximum Gasteiger partial charge on any atom is 0.185 e. The van der Waals surface area contributed by atoms with Gasteiger partial charge in [0.25, 0.3) is 0 Å². The third-order valence-corrected chi connectivity index (χ3v) is 3.70. The van der Waals surface area contributed by atoms with Gasteiger partial charge in [0.1, 0.15) is 11.5 Å². The molecule has 3 nitrogen and oxygen atoms in total. The minimum atomic E-state index is -0.0787. The first kappa shape index (κ1) is 14.9. The number of methoxy groups -OCH3 is 1. The van der Waals surface area contributed by atoms with Gasteiger partial charge in [-0.1, -0.05) is 54.6 Å². The van der Waals surface area contributed by atoms with E-state index in [1.807, 2.05) is 36.4 Å². The number of carbonyl (C=O) groups excluding carboxylic acids is 1. The van der Waals surface area contributed by atoms with E-state index in [-0.39, 0.29) is 11.5 Å². The summed E-state index contributed by atoms with van der Waals surface area (Å²) in [6.45, 7) is 0. The second kappa shape index (κ2) is 6.36. The average Bonchev–Trinajstić information content (AvgIpc) is 2.60. The minimum absolute atomic E-state index is 0.0787. The SMILES string of the molecule is COc1ccc(C=CC(=O)c2ccccc2)c2c(O)cccc12. The number of aromatic hydroxyl groups is 1. The summed E-state index contributed by atoms with van der Waals surface area (Å²) in [5.74, 6) is 0.764. The molecule has 23 heavy (non-hydrogen) atoms. The van der Waals surface area contributed by atoms with Crippen LogP contribution in [0.3, 0.4) is 0 Å². The van der Waals surface area contributed by atoms with E-state index < -0.39 is 0 Å². The van der Waals surface area contributed by atoms with Crippen LogP contribution in [0, 0.1) is 0 Å². The van der Waals surface area contributed by atoms with Gasteiger partial charge in [-0.2, -0.15) is 0 Å². The molecule has 0 aliphatic rings. The number of allylic oxidation sites excluding steroid dienone is 1. The van der Waals surface area contributed by atoms with E-state index in [9.17, 15) is 9.90 Å². The molecule has 3 aromatic rings. The minimum Gasteiger partial charge on any atom is -0.507 e. The number of hydrogen-bond acceptors (Lipinski definition) is 3. The molecule has 0 fully saturated rings. The second-order valence-corrected chi connectivity index (χ2v) is 5.12. The first-order chi connectivity index (χ1) is 11.2. The van der Waals surface area contributed by atoms with Gasteiger partial charge in [-0.15, -0.1) is 0 Å². The molecule has 0 aromatic heterocycles. The van der Waals surface area contributed by atoms with Crippen molar-refractivity contribution < 1.29 is 14.6 Å². The lowest BCUT2D eigenvalue weighted by atomic mass is 10.0. The number of ketones is 1. The Morgan fingerprint density at radius 2 is 1.78 bits per heavy atom. The van der Waals surface area contributed by atoms with E-state index in [0.717, 1.165) is 10.9 Å². The Morgan fingerprint density at radius 3 is 2.52 bits per heavy atom. The van der Waals surface area contributed by atoms with Crippen LogP contribution < -0.4 is 4.74 Å². The molecule has 3 aromatic carbocycles. The quantitative estimate of drug-likeness (QED) is 0.572. The van der Waals surface area contributed by atoms with Gasteiger partial charge < -0.3 is 9.84 Å². The Kier molecular flexibility index (Phi) is 4.11. The van der Waals surface area contributed by atoms with Crippen molar-refractivity contribution in [3.8, 4) is 11.5 Å². The van der Waals surface area contributed by atoms with E-state index in [4.69, 9.17) is 4.74 Å². The molecule has 0 heterocycles. The number of ether oxygens (including phenoxy) is 1. The number of phenolic OH excluding ortho intramolecular Hbond substituents is 1. The summed E-state index contributed by atoms with van der Waals surface area (Å²) in [5, 5.41) is 11.7. The number of hydrogen-bond donors (Lipinski definition) is 1. The fraction of sp³-hybridized carbons (Fsp3) is 0.0500. The van der Waals surface area contributed by atoms with Crippen molar-refractivity contribution in [3.05, 3.63) is 77.9 Å². The molecule has 114 valence electrons. The Labute approximate surface area is 134 Å². The summed E-state index contributed by atoms with van der Waals surface area (Å²) in [4.78, 5) is 12.2. The summed E-state index contributed by atoms with van der Waals surface area (Å²) in [6, 6.07) is 18.0. The molecular weight excluding hydrogens is 288 g/mol. The zero-order chi connectivity index (χ0) is 16.2. The highest BCUT2D eigenvalue weighted by atomic mass is 16.5. The highest BCUT2D eigenvalue weighted by Crippen LogP contribution is 2.34. The molecule has 0 unspecified atom stereocenters. The second-order valence-electron chi connectivity index (χ2n) is 5.12. The molecule has 0 saturated heterocycles. The van der Waals surface area contributed by atoms with Gasteiger partial charge in [-0.05, 0) is 23.8 Å². The molecule has 0 atom stereocenters. The van der Waals surface area contributed by atoms with Crippen molar-refractivity contribution in [1.82, 2.24) is 0 Å². The highest BCUT2D eigenvalue weighted by molar-refractivity contribution is 6.08. The van der Waals surface area contributed by atoms with Crippen molar-refractivity contribution in [2.24, 2.45) is 0 Å². The molecule has 0 aliphatic carbocycles. The predicted octanol–water partition coefficient (Wildman–Crippen LogP) is 4.45. The monoisotopic (exact) mass is 304 g/mol. The van der Waals surface area contributed by atoms with Gasteiger partial charge in [0.05, 0.1) is 7.11 Å². The zero-order valence-electron chi connectivity index (χ0n) is 12.7. The highest BCUT2D eigenvalue weighted by Gasteiger charge is 2.09. The fourth-order valence-electron chi connectivity index (χ4n) is 2.57. The van der Waals surface area contributed by atoms with Crippen molar-refractivity contribution in [2.75, 3.05) is 7.11 Å². The Hall–Kier alpha value is -3.07. The molecule has 0 amide bonds. The third kappa shape index (κ3) is 2.94. The summed E-state index contributed by atoms with van der Waals surface area (Å²) < 4.78 is 5.33. The largest absolute Gasteiger partial charge is 0.507 e. The van der Waals surface area contributed by atoms with E-state index in [0.29, 0.717) is 16.7 Å². The predicted molar refractivity (Wildman–Crippen MR) is 92.0 cm³/mol. The number of carbonyl (C=O) groups is 1. The molecule has 0 aliphatic heterocycles. The molecule has 0 radical (unpaired) electrons. The van der Waals surface area contributed by atoms with Crippen LogP contribution in [0.4, 0.5) is 0 Å². The molecule has 3 heteroatoms. The van der Waals surface area contributed by atoms with Gasteiger partial charge in [0, 0.05) is 16.3 Å². The first-order valence-corrected chi connectivity index (χ1v) is 7.27. The van der Waals surface area contributed by atoms with E-state index in [1.54, 1.807) is 37.5 Å². The van der Waals surface area contributed by atoms with Crippen LogP contribution in [-0.2, 0) is 0 Å². The normalized spacial score (nSPS) is 11.0. The van der Waals surface area contributed by atoms with Crippen LogP contribution in [0.5, 0.6) is 11.5 Å². The lowest BCUT2D eigenvalue weighted by molar-refractivity contribution is 0.104. The third-order valence-electron chi connectivity index (χ3n) is 3.70. The Balaban J connectivity index is 2.04. The van der Waals surface area contributed by atoms with Gasteiger partial charge >= 0.3 is 0 Å². The molecule has 0 spiro atoms. The van der Waals surface area contributed by atoms with E-state index >= 15 is 0 Å². The maximum absolute atomic E-state index is 12.2. The fourth-order valence-corrected chi connectivity index (χ4v) is 2.57. The first-order valence-electron chi connectivity index (χ1n) is 7.27. The summed E-state index contributed by atoms with van der Waals surface area (Å²) in [5.41, 5.74) is 1.40. The van der Waals surface area contributed by atoms with Crippen molar-refractivity contribution in [2.45, 2.75) is 0 Å². The lowest BCUT2D eigenvalue weighted by Crippen LogP contribution is -1.93. The van der Waals surface area contributed by atoms with E-state index in [2.05, 4.69) is 0 Å². The number of benzene rings is 3. The summed E-state index contributed by atoms with van der Waals surface area (Å²) in [7, 11) is 1.59. The Morgan fingerprint density at radius 1 is 1.00 bits per heavy atom. The van der Waals surface area contributed by atoms with Crippen molar-refractivity contribution in [3.63, 3.8) is 0 Å². The van der Waals surface area contributed by atoms with Gasteiger partial charge in [-0.25, -0.2) is 0 Å². The summed E-state index contributed by atoms with van der Waals surface area (Å²) >= 11 is 0.